The molecule has 0 bridgehead atoms. The smallest absolute Gasteiger partial charge is 0.336 e. The van der Waals surface area contributed by atoms with E-state index in [-0.39, 0.29) is 11.7 Å². The number of hydrogen-bond acceptors (Lipinski definition) is 7. The first kappa shape index (κ1) is 24.6. The van der Waals surface area contributed by atoms with Gasteiger partial charge in [0.2, 0.25) is 0 Å². The quantitative estimate of drug-likeness (QED) is 0.193. The van der Waals surface area contributed by atoms with Crippen molar-refractivity contribution in [3.8, 4) is 0 Å². The largest absolute Gasteiger partial charge is 0.423 e. The lowest BCUT2D eigenvalue weighted by atomic mass is 10.1. The summed E-state index contributed by atoms with van der Waals surface area (Å²) in [5.74, 6) is -0.667. The summed E-state index contributed by atoms with van der Waals surface area (Å²) >= 11 is 1.20. The van der Waals surface area contributed by atoms with Crippen LogP contribution in [0, 0.1) is 19.7 Å². The Bertz CT molecular complexity index is 1990. The van der Waals surface area contributed by atoms with Gasteiger partial charge in [-0.1, -0.05) is 12.1 Å². The molecule has 0 radical (unpaired) electrons. The van der Waals surface area contributed by atoms with Gasteiger partial charge in [-0.05, 0) is 96.9 Å². The minimum absolute atomic E-state index is 0.299. The number of aliphatic imine (C=N–C) groups is 1. The molecule has 192 valence electrons. The second-order valence-electron chi connectivity index (χ2n) is 9.06. The van der Waals surface area contributed by atoms with E-state index in [0.717, 1.165) is 5.56 Å². The molecule has 1 amide bonds. The zero-order valence-electron chi connectivity index (χ0n) is 20.7. The van der Waals surface area contributed by atoms with E-state index in [2.05, 4.69) is 0 Å². The van der Waals surface area contributed by atoms with Crippen molar-refractivity contribution in [3.63, 3.8) is 0 Å². The minimum atomic E-state index is -0.461. The molecule has 0 saturated carbocycles. The SMILES string of the molecule is Cc1cc2oc(=O)ccc2cc1N=C1S/C(=C\c2ccc(F)cc2)C(=O)N1c1cc2ccc(=O)oc2cc1C. The summed E-state index contributed by atoms with van der Waals surface area (Å²) in [4.78, 5) is 44.0. The summed E-state index contributed by atoms with van der Waals surface area (Å²) in [5, 5.41) is 1.76. The highest BCUT2D eigenvalue weighted by molar-refractivity contribution is 8.19. The van der Waals surface area contributed by atoms with E-state index < -0.39 is 11.3 Å². The molecule has 1 aliphatic rings. The van der Waals surface area contributed by atoms with Crippen LogP contribution >= 0.6 is 11.8 Å². The third-order valence-corrected chi connectivity index (χ3v) is 7.28. The number of anilines is 1. The Labute approximate surface area is 224 Å². The number of thioether (sulfide) groups is 1. The van der Waals surface area contributed by atoms with Gasteiger partial charge in [0.1, 0.15) is 17.0 Å². The molecule has 0 aliphatic carbocycles. The Hall–Kier alpha value is -4.76. The van der Waals surface area contributed by atoms with Crippen molar-refractivity contribution in [2.75, 3.05) is 4.90 Å². The van der Waals surface area contributed by atoms with Crippen molar-refractivity contribution in [1.29, 1.82) is 0 Å². The number of hydrogen-bond donors (Lipinski definition) is 0. The predicted octanol–water partition coefficient (Wildman–Crippen LogP) is 6.46. The molecule has 1 saturated heterocycles. The highest BCUT2D eigenvalue weighted by Gasteiger charge is 2.36. The lowest BCUT2D eigenvalue weighted by molar-refractivity contribution is -0.113. The third-order valence-electron chi connectivity index (χ3n) is 6.31. The average Bonchev–Trinajstić information content (AvgIpc) is 3.19. The fraction of sp³-hybridized carbons (Fsp3) is 0.0667. The van der Waals surface area contributed by atoms with Crippen molar-refractivity contribution in [2.45, 2.75) is 13.8 Å². The van der Waals surface area contributed by atoms with Crippen molar-refractivity contribution < 1.29 is 18.0 Å². The lowest BCUT2D eigenvalue weighted by Gasteiger charge is -2.19. The molecule has 0 unspecified atom stereocenters. The number of benzene rings is 3. The van der Waals surface area contributed by atoms with Gasteiger partial charge in [0, 0.05) is 22.9 Å². The van der Waals surface area contributed by atoms with Crippen LogP contribution in [0.4, 0.5) is 15.8 Å². The normalized spacial score (nSPS) is 15.8. The number of fused-ring (bicyclic) bond motifs is 2. The summed E-state index contributed by atoms with van der Waals surface area (Å²) in [6.45, 7) is 3.67. The molecule has 9 heteroatoms. The van der Waals surface area contributed by atoms with Gasteiger partial charge in [-0.25, -0.2) is 19.0 Å². The summed E-state index contributed by atoms with van der Waals surface area (Å²) < 4.78 is 24.1. The maximum Gasteiger partial charge on any atom is 0.336 e. The van der Waals surface area contributed by atoms with Crippen LogP contribution in [0.15, 0.2) is 101 Å². The fourth-order valence-corrected chi connectivity index (χ4v) is 5.33. The van der Waals surface area contributed by atoms with Gasteiger partial charge in [-0.15, -0.1) is 0 Å². The van der Waals surface area contributed by atoms with Crippen LogP contribution in [-0.4, -0.2) is 11.1 Å². The number of nitrogens with zero attached hydrogens (tertiary/aromatic N) is 2. The van der Waals surface area contributed by atoms with E-state index in [4.69, 9.17) is 13.8 Å². The topological polar surface area (TPSA) is 93.1 Å². The molecule has 5 aromatic rings. The van der Waals surface area contributed by atoms with Crippen LogP contribution in [0.3, 0.4) is 0 Å². The molecule has 0 N–H and O–H groups in total. The zero-order chi connectivity index (χ0) is 27.3. The number of halogens is 1. The average molecular weight is 539 g/mol. The molecule has 39 heavy (non-hydrogen) atoms. The van der Waals surface area contributed by atoms with Gasteiger partial charge in [0.05, 0.1) is 16.3 Å². The molecule has 0 spiro atoms. The van der Waals surface area contributed by atoms with Crippen LogP contribution in [0.25, 0.3) is 28.0 Å². The maximum absolute atomic E-state index is 13.8. The van der Waals surface area contributed by atoms with Gasteiger partial charge >= 0.3 is 11.3 Å². The van der Waals surface area contributed by atoms with Crippen LogP contribution < -0.4 is 16.2 Å². The molecule has 1 aliphatic heterocycles. The molecule has 0 atom stereocenters. The highest BCUT2D eigenvalue weighted by atomic mass is 32.2. The van der Waals surface area contributed by atoms with E-state index in [1.807, 2.05) is 13.8 Å². The standard InChI is InChI=1S/C30H19FN2O5S/c1-16-11-24-19(5-9-27(34)37-24)14-22(16)32-30-33(23-15-20-6-10-28(35)38-25(20)12-17(23)2)29(36)26(39-30)13-18-3-7-21(31)8-4-18/h3-15H,1-2H3/b26-13-,32-30?. The summed E-state index contributed by atoms with van der Waals surface area (Å²) in [7, 11) is 0. The maximum atomic E-state index is 13.8. The number of carbonyl (C=O) groups excluding carboxylic acids is 1. The third kappa shape index (κ3) is 4.68. The highest BCUT2D eigenvalue weighted by Crippen LogP contribution is 2.40. The first-order chi connectivity index (χ1) is 18.7. The summed E-state index contributed by atoms with van der Waals surface area (Å²) in [6, 6.07) is 18.9. The molecular weight excluding hydrogens is 519 g/mol. The Kier molecular flexibility index (Phi) is 6.00. The fourth-order valence-electron chi connectivity index (χ4n) is 4.35. The molecular formula is C30H19FN2O5S. The summed E-state index contributed by atoms with van der Waals surface area (Å²) in [6.07, 6.45) is 1.69. The monoisotopic (exact) mass is 538 g/mol. The van der Waals surface area contributed by atoms with E-state index in [9.17, 15) is 18.8 Å². The Morgan fingerprint density at radius 2 is 1.41 bits per heavy atom. The molecule has 7 nitrogen and oxygen atoms in total. The van der Waals surface area contributed by atoms with E-state index in [0.29, 0.717) is 54.5 Å². The van der Waals surface area contributed by atoms with Gasteiger partial charge in [-0.2, -0.15) is 0 Å². The number of amidine groups is 1. The van der Waals surface area contributed by atoms with E-state index >= 15 is 0 Å². The van der Waals surface area contributed by atoms with Crippen molar-refractivity contribution in [1.82, 2.24) is 0 Å². The molecule has 2 aromatic heterocycles. The zero-order valence-corrected chi connectivity index (χ0v) is 21.5. The number of amides is 1. The van der Waals surface area contributed by atoms with Crippen LogP contribution in [0.1, 0.15) is 16.7 Å². The van der Waals surface area contributed by atoms with Gasteiger partial charge in [-0.3, -0.25) is 9.69 Å². The Morgan fingerprint density at radius 1 is 0.795 bits per heavy atom. The van der Waals surface area contributed by atoms with E-state index in [1.165, 1.54) is 40.9 Å². The number of carbonyl (C=O) groups is 1. The van der Waals surface area contributed by atoms with Crippen LogP contribution in [0.2, 0.25) is 0 Å². The Morgan fingerprint density at radius 3 is 2.08 bits per heavy atom. The minimum Gasteiger partial charge on any atom is -0.423 e. The van der Waals surface area contributed by atoms with Gasteiger partial charge in [0.25, 0.3) is 5.91 Å². The van der Waals surface area contributed by atoms with Crippen LogP contribution in [-0.2, 0) is 4.79 Å². The van der Waals surface area contributed by atoms with Crippen LogP contribution in [0.5, 0.6) is 0 Å². The molecule has 3 aromatic carbocycles. The van der Waals surface area contributed by atoms with Crippen molar-refractivity contribution in [3.05, 3.63) is 121 Å². The number of rotatable bonds is 3. The van der Waals surface area contributed by atoms with Gasteiger partial charge < -0.3 is 8.83 Å². The lowest BCUT2D eigenvalue weighted by Crippen LogP contribution is -2.29. The predicted molar refractivity (Wildman–Crippen MR) is 151 cm³/mol. The van der Waals surface area contributed by atoms with Crippen molar-refractivity contribution >= 4 is 62.2 Å². The second-order valence-corrected chi connectivity index (χ2v) is 10.1. The molecule has 6 rings (SSSR count). The molecule has 3 heterocycles. The first-order valence-corrected chi connectivity index (χ1v) is 12.7. The molecule has 1 fully saturated rings. The van der Waals surface area contributed by atoms with E-state index in [1.54, 1.807) is 54.6 Å². The van der Waals surface area contributed by atoms with Crippen molar-refractivity contribution in [2.24, 2.45) is 4.99 Å². The second kappa shape index (κ2) is 9.52. The Balaban J connectivity index is 1.52. The number of aryl methyl sites for hydroxylation is 2. The first-order valence-electron chi connectivity index (χ1n) is 11.9. The summed E-state index contributed by atoms with van der Waals surface area (Å²) in [5.41, 5.74) is 3.27. The van der Waals surface area contributed by atoms with Gasteiger partial charge in [0.15, 0.2) is 5.17 Å².